The van der Waals surface area contributed by atoms with Gasteiger partial charge in [0.1, 0.15) is 6.26 Å². The van der Waals surface area contributed by atoms with Crippen LogP contribution in [0.1, 0.15) is 23.0 Å². The number of hydrogen-bond donors (Lipinski definition) is 1. The van der Waals surface area contributed by atoms with Gasteiger partial charge in [-0.05, 0) is 25.1 Å². The summed E-state index contributed by atoms with van der Waals surface area (Å²) in [5, 5.41) is 6.45. The molecule has 25 heavy (non-hydrogen) atoms. The Morgan fingerprint density at radius 3 is 2.80 bits per heavy atom. The number of methoxy groups -OCH3 is 1. The number of ether oxygens (including phenoxy) is 1. The first-order chi connectivity index (χ1) is 11.8. The van der Waals surface area contributed by atoms with E-state index in [0.717, 1.165) is 4.31 Å². The van der Waals surface area contributed by atoms with Crippen molar-refractivity contribution in [3.63, 3.8) is 0 Å². The van der Waals surface area contributed by atoms with Crippen LogP contribution in [0.4, 0.5) is 0 Å². The topological polar surface area (TPSA) is 102 Å². The summed E-state index contributed by atoms with van der Waals surface area (Å²) in [5.41, 5.74) is 0.757. The molecule has 9 heteroatoms. The smallest absolute Gasteiger partial charge is 0.251 e. The first-order valence-electron chi connectivity index (χ1n) is 7.60. The average molecular weight is 367 g/mol. The first kappa shape index (κ1) is 19.1. The highest BCUT2D eigenvalue weighted by Gasteiger charge is 2.23. The number of aromatic nitrogens is 1. The van der Waals surface area contributed by atoms with Crippen LogP contribution in [-0.4, -0.2) is 50.6 Å². The lowest BCUT2D eigenvalue weighted by molar-refractivity contribution is 0.0905. The van der Waals surface area contributed by atoms with E-state index in [-0.39, 0.29) is 29.0 Å². The summed E-state index contributed by atoms with van der Waals surface area (Å²) in [6, 6.07) is 7.30. The third-order valence-electron chi connectivity index (χ3n) is 3.47. The summed E-state index contributed by atoms with van der Waals surface area (Å²) in [6.45, 7) is 2.23. The Morgan fingerprint density at radius 1 is 1.40 bits per heavy atom. The highest BCUT2D eigenvalue weighted by molar-refractivity contribution is 7.89. The van der Waals surface area contributed by atoms with Crippen LogP contribution in [0, 0.1) is 0 Å². The van der Waals surface area contributed by atoms with E-state index < -0.39 is 10.0 Å². The zero-order chi connectivity index (χ0) is 18.4. The van der Waals surface area contributed by atoms with Crippen LogP contribution in [0.2, 0.25) is 0 Å². The molecule has 0 bridgehead atoms. The maximum atomic E-state index is 12.7. The maximum Gasteiger partial charge on any atom is 0.251 e. The minimum absolute atomic E-state index is 0.0329. The molecule has 1 heterocycles. The molecule has 1 amide bonds. The second-order valence-corrected chi connectivity index (χ2v) is 7.65. The van der Waals surface area contributed by atoms with Gasteiger partial charge in [-0.25, -0.2) is 8.42 Å². The largest absolute Gasteiger partial charge is 0.383 e. The molecule has 0 fully saturated rings. The van der Waals surface area contributed by atoms with Crippen molar-refractivity contribution in [2.24, 2.45) is 0 Å². The van der Waals surface area contributed by atoms with Gasteiger partial charge in [0.2, 0.25) is 10.0 Å². The van der Waals surface area contributed by atoms with E-state index in [4.69, 9.17) is 9.26 Å². The fraction of sp³-hybridized carbons (Fsp3) is 0.375. The highest BCUT2D eigenvalue weighted by Crippen LogP contribution is 2.18. The Kier molecular flexibility index (Phi) is 6.29. The monoisotopic (exact) mass is 367 g/mol. The van der Waals surface area contributed by atoms with E-state index in [1.165, 1.54) is 31.5 Å². The summed E-state index contributed by atoms with van der Waals surface area (Å²) >= 11 is 0. The number of carbonyl (C=O) groups is 1. The molecule has 1 N–H and O–H groups in total. The zero-order valence-corrected chi connectivity index (χ0v) is 15.1. The number of amides is 1. The van der Waals surface area contributed by atoms with Crippen molar-refractivity contribution in [1.82, 2.24) is 14.8 Å². The molecule has 136 valence electrons. The number of nitrogens with zero attached hydrogens (tertiary/aromatic N) is 2. The molecular weight excluding hydrogens is 346 g/mol. The Hall–Kier alpha value is -2.23. The standard InChI is InChI=1S/C16H21N3O5S/c1-12(11-23-3)17-16(20)13-5-4-6-15(9-13)25(21,22)19(2)10-14-7-8-24-18-14/h4-9,12H,10-11H2,1-3H3,(H,17,20). The molecule has 1 aromatic carbocycles. The maximum absolute atomic E-state index is 12.7. The molecule has 1 atom stereocenters. The number of nitrogens with one attached hydrogen (secondary N) is 1. The molecular formula is C16H21N3O5S. The van der Waals surface area contributed by atoms with Crippen LogP contribution in [0.25, 0.3) is 0 Å². The lowest BCUT2D eigenvalue weighted by Crippen LogP contribution is -2.35. The van der Waals surface area contributed by atoms with Gasteiger partial charge in [0.05, 0.1) is 23.7 Å². The van der Waals surface area contributed by atoms with E-state index in [1.807, 2.05) is 0 Å². The van der Waals surface area contributed by atoms with Gasteiger partial charge in [-0.3, -0.25) is 4.79 Å². The fourth-order valence-corrected chi connectivity index (χ4v) is 3.40. The summed E-state index contributed by atoms with van der Waals surface area (Å²) in [6.07, 6.45) is 1.38. The van der Waals surface area contributed by atoms with Crippen LogP contribution in [0.5, 0.6) is 0 Å². The quantitative estimate of drug-likeness (QED) is 0.754. The molecule has 0 saturated heterocycles. The van der Waals surface area contributed by atoms with Crippen LogP contribution in [-0.2, 0) is 21.3 Å². The normalized spacial score (nSPS) is 13.0. The van der Waals surface area contributed by atoms with Gasteiger partial charge < -0.3 is 14.6 Å². The second-order valence-electron chi connectivity index (χ2n) is 5.61. The van der Waals surface area contributed by atoms with Crippen molar-refractivity contribution in [2.45, 2.75) is 24.4 Å². The van der Waals surface area contributed by atoms with Crippen LogP contribution in [0.3, 0.4) is 0 Å². The Morgan fingerprint density at radius 2 is 2.16 bits per heavy atom. The van der Waals surface area contributed by atoms with Gasteiger partial charge in [-0.1, -0.05) is 11.2 Å². The minimum atomic E-state index is -3.76. The number of sulfonamides is 1. The van der Waals surface area contributed by atoms with Crippen LogP contribution in [0.15, 0.2) is 46.0 Å². The first-order valence-corrected chi connectivity index (χ1v) is 9.04. The molecule has 0 saturated carbocycles. The van der Waals surface area contributed by atoms with Gasteiger partial charge in [0.15, 0.2) is 0 Å². The molecule has 0 spiro atoms. The van der Waals surface area contributed by atoms with Gasteiger partial charge in [-0.2, -0.15) is 4.31 Å². The van der Waals surface area contributed by atoms with Crippen molar-refractivity contribution in [3.8, 4) is 0 Å². The van der Waals surface area contributed by atoms with Crippen molar-refractivity contribution in [3.05, 3.63) is 47.9 Å². The lowest BCUT2D eigenvalue weighted by Gasteiger charge is -2.17. The van der Waals surface area contributed by atoms with E-state index in [2.05, 4.69) is 10.5 Å². The molecule has 0 aliphatic rings. The lowest BCUT2D eigenvalue weighted by atomic mass is 10.2. The van der Waals surface area contributed by atoms with Gasteiger partial charge in [0, 0.05) is 31.8 Å². The zero-order valence-electron chi connectivity index (χ0n) is 14.3. The average Bonchev–Trinajstić information content (AvgIpc) is 3.08. The molecule has 2 aromatic rings. The van der Waals surface area contributed by atoms with Crippen LogP contribution < -0.4 is 5.32 Å². The fourth-order valence-electron chi connectivity index (χ4n) is 2.21. The number of benzene rings is 1. The third kappa shape index (κ3) is 4.88. The predicted molar refractivity (Wildman–Crippen MR) is 90.4 cm³/mol. The molecule has 0 aliphatic carbocycles. The van der Waals surface area contributed by atoms with Crippen molar-refractivity contribution >= 4 is 15.9 Å². The Balaban J connectivity index is 2.17. The van der Waals surface area contributed by atoms with Crippen LogP contribution >= 0.6 is 0 Å². The minimum Gasteiger partial charge on any atom is -0.383 e. The Labute approximate surface area is 146 Å². The molecule has 1 unspecified atom stereocenters. The van der Waals surface area contributed by atoms with E-state index in [9.17, 15) is 13.2 Å². The molecule has 0 radical (unpaired) electrons. The van der Waals surface area contributed by atoms with E-state index >= 15 is 0 Å². The molecule has 0 aliphatic heterocycles. The summed E-state index contributed by atoms with van der Waals surface area (Å²) in [5.74, 6) is -0.360. The predicted octanol–water partition coefficient (Wildman–Crippen LogP) is 1.26. The summed E-state index contributed by atoms with van der Waals surface area (Å²) in [4.78, 5) is 12.3. The Bertz CT molecular complexity index is 805. The van der Waals surface area contributed by atoms with Crippen molar-refractivity contribution in [1.29, 1.82) is 0 Å². The highest BCUT2D eigenvalue weighted by atomic mass is 32.2. The van der Waals surface area contributed by atoms with Crippen molar-refractivity contribution < 1.29 is 22.5 Å². The van der Waals surface area contributed by atoms with Gasteiger partial charge >= 0.3 is 0 Å². The van der Waals surface area contributed by atoms with E-state index in [0.29, 0.717) is 12.3 Å². The molecule has 1 aromatic heterocycles. The SMILES string of the molecule is COCC(C)NC(=O)c1cccc(S(=O)(=O)N(C)Cc2ccon2)c1. The number of carbonyl (C=O) groups excluding carboxylic acids is 1. The number of rotatable bonds is 8. The summed E-state index contributed by atoms with van der Waals surface area (Å²) < 4.78 is 36.2. The van der Waals surface area contributed by atoms with Gasteiger partial charge in [0.25, 0.3) is 5.91 Å². The second kappa shape index (κ2) is 8.24. The summed E-state index contributed by atoms with van der Waals surface area (Å²) in [7, 11) is -0.779. The third-order valence-corrected chi connectivity index (χ3v) is 5.27. The molecule has 2 rings (SSSR count). The van der Waals surface area contributed by atoms with Crippen molar-refractivity contribution in [2.75, 3.05) is 20.8 Å². The number of hydrogen-bond acceptors (Lipinski definition) is 6. The van der Waals surface area contributed by atoms with Gasteiger partial charge in [-0.15, -0.1) is 0 Å². The van der Waals surface area contributed by atoms with E-state index in [1.54, 1.807) is 26.2 Å². The molecule has 8 nitrogen and oxygen atoms in total.